The van der Waals surface area contributed by atoms with E-state index in [1.165, 1.54) is 30.8 Å². The monoisotopic (exact) mass is 254 g/mol. The van der Waals surface area contributed by atoms with E-state index in [-0.39, 0.29) is 6.10 Å². The Morgan fingerprint density at radius 3 is 3.06 bits per heavy atom. The maximum atomic E-state index is 9.50. The lowest BCUT2D eigenvalue weighted by Gasteiger charge is -2.34. The van der Waals surface area contributed by atoms with Crippen molar-refractivity contribution >= 4 is 11.3 Å². The maximum absolute atomic E-state index is 9.50. The molecule has 1 aliphatic heterocycles. The van der Waals surface area contributed by atoms with Crippen LogP contribution < -0.4 is 0 Å². The van der Waals surface area contributed by atoms with Crippen LogP contribution >= 0.6 is 11.3 Å². The summed E-state index contributed by atoms with van der Waals surface area (Å²) in [6.07, 6.45) is 6.46. The zero-order chi connectivity index (χ0) is 12.3. The molecule has 0 aliphatic carbocycles. The smallest absolute Gasteiger partial charge is 0.0944 e. The molecule has 1 aromatic heterocycles. The van der Waals surface area contributed by atoms with E-state index in [1.54, 1.807) is 18.3 Å². The molecule has 1 aromatic rings. The minimum atomic E-state index is -0.380. The summed E-state index contributed by atoms with van der Waals surface area (Å²) in [5, 5.41) is 10.7. The summed E-state index contributed by atoms with van der Waals surface area (Å²) in [6, 6.07) is 0.654. The van der Waals surface area contributed by atoms with E-state index in [1.807, 2.05) is 6.20 Å². The molecule has 2 rings (SSSR count). The van der Waals surface area contributed by atoms with Crippen LogP contribution in [0.4, 0.5) is 0 Å². The molecule has 2 unspecified atom stereocenters. The van der Waals surface area contributed by atoms with E-state index in [0.717, 1.165) is 17.8 Å². The van der Waals surface area contributed by atoms with Gasteiger partial charge in [-0.3, -0.25) is 0 Å². The topological polar surface area (TPSA) is 36.4 Å². The second-order valence-electron chi connectivity index (χ2n) is 4.81. The third kappa shape index (κ3) is 3.27. The molecule has 1 N–H and O–H groups in total. The third-order valence-corrected chi connectivity index (χ3v) is 4.74. The summed E-state index contributed by atoms with van der Waals surface area (Å²) in [5.41, 5.74) is 0. The molecule has 0 aromatic carbocycles. The highest BCUT2D eigenvalue weighted by Gasteiger charge is 2.22. The van der Waals surface area contributed by atoms with Gasteiger partial charge in [0.1, 0.15) is 0 Å². The van der Waals surface area contributed by atoms with Crippen LogP contribution in [0.5, 0.6) is 0 Å². The Hall–Kier alpha value is -0.450. The Labute approximate surface area is 107 Å². The third-order valence-electron chi connectivity index (χ3n) is 3.55. The van der Waals surface area contributed by atoms with Gasteiger partial charge < -0.3 is 10.0 Å². The fourth-order valence-corrected chi connectivity index (χ4v) is 3.45. The molecule has 1 aliphatic rings. The highest BCUT2D eigenvalue weighted by Crippen LogP contribution is 2.25. The molecule has 3 nitrogen and oxygen atoms in total. The van der Waals surface area contributed by atoms with Crippen LogP contribution in [-0.2, 0) is 6.42 Å². The van der Waals surface area contributed by atoms with Gasteiger partial charge in [-0.15, -0.1) is 11.3 Å². The van der Waals surface area contributed by atoms with Crippen LogP contribution in [0.25, 0.3) is 0 Å². The maximum Gasteiger partial charge on any atom is 0.0944 e. The van der Waals surface area contributed by atoms with Crippen molar-refractivity contribution in [3.05, 3.63) is 16.1 Å². The lowest BCUT2D eigenvalue weighted by molar-refractivity contribution is 0.155. The van der Waals surface area contributed by atoms with E-state index in [0.29, 0.717) is 6.04 Å². The fraction of sp³-hybridized carbons (Fsp3) is 0.769. The number of thiazole rings is 1. The average Bonchev–Trinajstić information content (AvgIpc) is 2.78. The normalized spacial score (nSPS) is 23.8. The number of nitrogens with zero attached hydrogens (tertiary/aromatic N) is 2. The minimum Gasteiger partial charge on any atom is -0.388 e. The van der Waals surface area contributed by atoms with Crippen LogP contribution in [0.2, 0.25) is 0 Å². The van der Waals surface area contributed by atoms with Crippen LogP contribution in [0.3, 0.4) is 0 Å². The van der Waals surface area contributed by atoms with Crippen molar-refractivity contribution < 1.29 is 5.11 Å². The number of likely N-dealkylation sites (N-methyl/N-ethyl adjacent to an activating group) is 1. The first-order valence-corrected chi connectivity index (χ1v) is 7.39. The summed E-state index contributed by atoms with van der Waals surface area (Å²) in [5.74, 6) is 0. The van der Waals surface area contributed by atoms with Crippen LogP contribution in [0, 0.1) is 0 Å². The highest BCUT2D eigenvalue weighted by atomic mass is 32.1. The van der Waals surface area contributed by atoms with E-state index >= 15 is 0 Å². The van der Waals surface area contributed by atoms with Gasteiger partial charge in [-0.25, -0.2) is 4.98 Å². The van der Waals surface area contributed by atoms with Gasteiger partial charge in [0.05, 0.1) is 16.0 Å². The number of aliphatic hydroxyl groups excluding tert-OH is 1. The number of hydrogen-bond acceptors (Lipinski definition) is 4. The summed E-state index contributed by atoms with van der Waals surface area (Å²) in [6.45, 7) is 6.41. The van der Waals surface area contributed by atoms with Crippen molar-refractivity contribution in [2.24, 2.45) is 0 Å². The summed E-state index contributed by atoms with van der Waals surface area (Å²) in [7, 11) is 0. The van der Waals surface area contributed by atoms with Crippen LogP contribution in [-0.4, -0.2) is 34.1 Å². The SMILES string of the molecule is CCN1CCCCC1Cc1ncc(C(C)O)s1. The van der Waals surface area contributed by atoms with E-state index < -0.39 is 0 Å². The Kier molecular flexibility index (Phi) is 4.54. The first-order valence-electron chi connectivity index (χ1n) is 6.57. The van der Waals surface area contributed by atoms with Crippen molar-refractivity contribution in [3.63, 3.8) is 0 Å². The Morgan fingerprint density at radius 1 is 1.59 bits per heavy atom. The second kappa shape index (κ2) is 5.94. The molecule has 96 valence electrons. The summed E-state index contributed by atoms with van der Waals surface area (Å²) >= 11 is 1.66. The lowest BCUT2D eigenvalue weighted by Crippen LogP contribution is -2.40. The molecule has 0 radical (unpaired) electrons. The van der Waals surface area contributed by atoms with Gasteiger partial charge in [0, 0.05) is 18.7 Å². The molecule has 17 heavy (non-hydrogen) atoms. The number of hydrogen-bond donors (Lipinski definition) is 1. The number of piperidine rings is 1. The number of rotatable bonds is 4. The Morgan fingerprint density at radius 2 is 2.41 bits per heavy atom. The Bertz CT molecular complexity index is 351. The molecular formula is C13H22N2OS. The van der Waals surface area contributed by atoms with Gasteiger partial charge in [-0.05, 0) is 32.9 Å². The Balaban J connectivity index is 1.98. The van der Waals surface area contributed by atoms with Crippen molar-refractivity contribution in [2.45, 2.75) is 51.7 Å². The van der Waals surface area contributed by atoms with Crippen molar-refractivity contribution in [2.75, 3.05) is 13.1 Å². The zero-order valence-electron chi connectivity index (χ0n) is 10.7. The number of aliphatic hydroxyl groups is 1. The second-order valence-corrected chi connectivity index (χ2v) is 5.96. The van der Waals surface area contributed by atoms with Crippen molar-refractivity contribution in [1.82, 2.24) is 9.88 Å². The molecular weight excluding hydrogens is 232 g/mol. The first kappa shape index (κ1) is 13.0. The van der Waals surface area contributed by atoms with Crippen molar-refractivity contribution in [1.29, 1.82) is 0 Å². The van der Waals surface area contributed by atoms with Gasteiger partial charge in [0.25, 0.3) is 0 Å². The fourth-order valence-electron chi connectivity index (χ4n) is 2.52. The zero-order valence-corrected chi connectivity index (χ0v) is 11.5. The van der Waals surface area contributed by atoms with E-state index in [2.05, 4.69) is 16.8 Å². The van der Waals surface area contributed by atoms with Crippen LogP contribution in [0.15, 0.2) is 6.20 Å². The molecule has 0 saturated carbocycles. The predicted molar refractivity (Wildman–Crippen MR) is 71.3 cm³/mol. The minimum absolute atomic E-state index is 0.380. The highest BCUT2D eigenvalue weighted by molar-refractivity contribution is 7.11. The van der Waals surface area contributed by atoms with Gasteiger partial charge in [-0.2, -0.15) is 0 Å². The first-order chi connectivity index (χ1) is 8.20. The summed E-state index contributed by atoms with van der Waals surface area (Å²) < 4.78 is 0. The average molecular weight is 254 g/mol. The predicted octanol–water partition coefficient (Wildman–Crippen LogP) is 2.61. The molecule has 2 heterocycles. The molecule has 0 bridgehead atoms. The number of aromatic nitrogens is 1. The van der Waals surface area contributed by atoms with Crippen LogP contribution in [0.1, 0.15) is 49.1 Å². The summed E-state index contributed by atoms with van der Waals surface area (Å²) in [4.78, 5) is 7.98. The van der Waals surface area contributed by atoms with Crippen molar-refractivity contribution in [3.8, 4) is 0 Å². The van der Waals surface area contributed by atoms with Gasteiger partial charge in [0.15, 0.2) is 0 Å². The molecule has 0 spiro atoms. The molecule has 0 amide bonds. The van der Waals surface area contributed by atoms with E-state index in [9.17, 15) is 5.11 Å². The molecule has 1 saturated heterocycles. The van der Waals surface area contributed by atoms with Gasteiger partial charge >= 0.3 is 0 Å². The molecule has 2 atom stereocenters. The lowest BCUT2D eigenvalue weighted by atomic mass is 10.00. The quantitative estimate of drug-likeness (QED) is 0.897. The van der Waals surface area contributed by atoms with E-state index in [4.69, 9.17) is 0 Å². The number of likely N-dealkylation sites (tertiary alicyclic amines) is 1. The molecule has 4 heteroatoms. The van der Waals surface area contributed by atoms with Gasteiger partial charge in [0.2, 0.25) is 0 Å². The largest absolute Gasteiger partial charge is 0.388 e. The standard InChI is InChI=1S/C13H22N2OS/c1-3-15-7-5-4-6-11(15)8-13-14-9-12(17-13)10(2)16/h9-11,16H,3-8H2,1-2H3. The molecule has 1 fully saturated rings. The van der Waals surface area contributed by atoms with Gasteiger partial charge in [-0.1, -0.05) is 13.3 Å².